The molecule has 10 heteroatoms. The van der Waals surface area contributed by atoms with Crippen molar-refractivity contribution in [3.05, 3.63) is 64.7 Å². The van der Waals surface area contributed by atoms with E-state index in [1.807, 2.05) is 30.9 Å². The second-order valence-electron chi connectivity index (χ2n) is 13.9. The number of hydrogen-bond donors (Lipinski definition) is 0. The van der Waals surface area contributed by atoms with Crippen LogP contribution in [-0.4, -0.2) is 101 Å². The molecule has 6 rings (SSSR count). The summed E-state index contributed by atoms with van der Waals surface area (Å²) in [5.74, 6) is 0.126. The van der Waals surface area contributed by atoms with Crippen LogP contribution < -0.4 is 0 Å². The number of halogens is 1. The first-order valence-corrected chi connectivity index (χ1v) is 17.9. The lowest BCUT2D eigenvalue weighted by atomic mass is 9.82. The summed E-state index contributed by atoms with van der Waals surface area (Å²) in [5, 5.41) is -0.180. The summed E-state index contributed by atoms with van der Waals surface area (Å²) in [5.41, 5.74) is 3.50. The Morgan fingerprint density at radius 1 is 1.00 bits per heavy atom. The Kier molecular flexibility index (Phi) is 8.91. The fourth-order valence-electron chi connectivity index (χ4n) is 8.01. The van der Waals surface area contributed by atoms with E-state index >= 15 is 0 Å². The summed E-state index contributed by atoms with van der Waals surface area (Å²) >= 11 is 0. The second kappa shape index (κ2) is 12.4. The number of likely N-dealkylation sites (tertiary alicyclic amines) is 1. The molecule has 240 valence electrons. The lowest BCUT2D eigenvalue weighted by Crippen LogP contribution is -2.63. The third-order valence-corrected chi connectivity index (χ3v) is 13.3. The monoisotopic (exact) mass is 625 g/mol. The summed E-state index contributed by atoms with van der Waals surface area (Å²) < 4.78 is 42.0. The molecular weight excluding hydrogens is 577 g/mol. The van der Waals surface area contributed by atoms with E-state index in [4.69, 9.17) is 0 Å². The molecule has 1 aromatic heterocycles. The largest absolute Gasteiger partial charge is 0.338 e. The zero-order valence-corrected chi connectivity index (χ0v) is 27.5. The Balaban J connectivity index is 1.12. The number of amides is 1. The molecule has 0 bridgehead atoms. The Labute approximate surface area is 262 Å². The van der Waals surface area contributed by atoms with Gasteiger partial charge in [0.2, 0.25) is 10.0 Å². The van der Waals surface area contributed by atoms with Crippen LogP contribution in [0, 0.1) is 25.6 Å². The van der Waals surface area contributed by atoms with E-state index in [2.05, 4.69) is 28.6 Å². The highest BCUT2D eigenvalue weighted by Crippen LogP contribution is 2.41. The average molecular weight is 626 g/mol. The maximum absolute atomic E-state index is 14.5. The number of rotatable bonds is 7. The SMILES string of the molecule is Cc1ccnc(C)c1C(=O)N1CCC(C)(N2CCN([C@@H](c3cccc(F)c3)C3CCN(S(=O)(=O)C4CC4)CC3)[C@@H](C)C2)CC1. The zero-order valence-electron chi connectivity index (χ0n) is 26.7. The second-order valence-corrected chi connectivity index (χ2v) is 16.1. The Hall–Kier alpha value is -2.40. The molecule has 2 aromatic rings. The van der Waals surface area contributed by atoms with Crippen LogP contribution in [-0.2, 0) is 10.0 Å². The van der Waals surface area contributed by atoms with Gasteiger partial charge in [0.1, 0.15) is 5.82 Å². The third kappa shape index (κ3) is 6.19. The number of sulfonamides is 1. The van der Waals surface area contributed by atoms with Gasteiger partial charge in [-0.05, 0) is 101 Å². The minimum atomic E-state index is -3.18. The van der Waals surface area contributed by atoms with Crippen molar-refractivity contribution in [2.24, 2.45) is 5.92 Å². The Morgan fingerprint density at radius 2 is 1.70 bits per heavy atom. The minimum absolute atomic E-state index is 0.00696. The highest BCUT2D eigenvalue weighted by molar-refractivity contribution is 7.90. The van der Waals surface area contributed by atoms with Crippen LogP contribution in [0.5, 0.6) is 0 Å². The van der Waals surface area contributed by atoms with Gasteiger partial charge in [0.25, 0.3) is 5.91 Å². The van der Waals surface area contributed by atoms with Crippen LogP contribution in [0.15, 0.2) is 36.5 Å². The fraction of sp³-hybridized carbons (Fsp3) is 0.647. The zero-order chi connectivity index (χ0) is 31.2. The van der Waals surface area contributed by atoms with Gasteiger partial charge in [0.15, 0.2) is 0 Å². The van der Waals surface area contributed by atoms with Crippen LogP contribution in [0.4, 0.5) is 4.39 Å². The van der Waals surface area contributed by atoms with Gasteiger partial charge in [-0.1, -0.05) is 12.1 Å². The normalized spacial score (nSPS) is 25.2. The molecule has 1 aliphatic carbocycles. The molecular formula is C34H48FN5O3S. The molecule has 1 aromatic carbocycles. The van der Waals surface area contributed by atoms with Gasteiger partial charge in [0.05, 0.1) is 16.5 Å². The van der Waals surface area contributed by atoms with Crippen LogP contribution in [0.1, 0.15) is 85.6 Å². The number of hydrogen-bond acceptors (Lipinski definition) is 6. The average Bonchev–Trinajstić information content (AvgIpc) is 3.85. The first-order valence-electron chi connectivity index (χ1n) is 16.4. The number of benzene rings is 1. The maximum Gasteiger partial charge on any atom is 0.255 e. The standard InChI is InChI=1S/C34H48FN5O3S/c1-24-10-15-36-26(3)31(24)33(41)37-18-13-34(4,14-19-37)38-20-21-40(25(2)23-38)32(28-6-5-7-29(35)22-28)27-11-16-39(17-12-27)44(42,43)30-8-9-30/h5-7,10,15,22,25,27,30,32H,8-9,11-14,16-21,23H2,1-4H3/t25-,32+/m0/s1. The van der Waals surface area contributed by atoms with Gasteiger partial charge < -0.3 is 4.90 Å². The highest BCUT2D eigenvalue weighted by Gasteiger charge is 2.45. The van der Waals surface area contributed by atoms with Crippen molar-refractivity contribution in [3.8, 4) is 0 Å². The molecule has 1 amide bonds. The van der Waals surface area contributed by atoms with Crippen LogP contribution in [0.25, 0.3) is 0 Å². The van der Waals surface area contributed by atoms with E-state index in [0.29, 0.717) is 13.1 Å². The van der Waals surface area contributed by atoms with Crippen LogP contribution in [0.2, 0.25) is 0 Å². The number of piperidine rings is 2. The molecule has 3 saturated heterocycles. The van der Waals surface area contributed by atoms with Gasteiger partial charge in [-0.15, -0.1) is 0 Å². The number of nitrogens with zero attached hydrogens (tertiary/aromatic N) is 5. The van der Waals surface area contributed by atoms with Crippen molar-refractivity contribution >= 4 is 15.9 Å². The number of piperazine rings is 1. The fourth-order valence-corrected chi connectivity index (χ4v) is 9.88. The molecule has 0 radical (unpaired) electrons. The predicted molar refractivity (Wildman–Crippen MR) is 170 cm³/mol. The highest BCUT2D eigenvalue weighted by atomic mass is 32.2. The molecule has 0 spiro atoms. The molecule has 0 N–H and O–H groups in total. The quantitative estimate of drug-likeness (QED) is 0.441. The van der Waals surface area contributed by atoms with Gasteiger partial charge in [-0.3, -0.25) is 19.6 Å². The molecule has 3 aliphatic heterocycles. The van der Waals surface area contributed by atoms with Crippen LogP contribution >= 0.6 is 0 Å². The smallest absolute Gasteiger partial charge is 0.255 e. The summed E-state index contributed by atoms with van der Waals surface area (Å²) in [7, 11) is -3.18. The van der Waals surface area contributed by atoms with E-state index < -0.39 is 10.0 Å². The third-order valence-electron chi connectivity index (χ3n) is 10.9. The Morgan fingerprint density at radius 3 is 2.32 bits per heavy atom. The molecule has 8 nitrogen and oxygen atoms in total. The summed E-state index contributed by atoms with van der Waals surface area (Å²) in [4.78, 5) is 24.9. The summed E-state index contributed by atoms with van der Waals surface area (Å²) in [6, 6.07) is 9.23. The molecule has 1 saturated carbocycles. The van der Waals surface area contributed by atoms with Crippen molar-refractivity contribution in [1.82, 2.24) is 24.0 Å². The number of aryl methyl sites for hydroxylation is 2. The topological polar surface area (TPSA) is 77.1 Å². The lowest BCUT2D eigenvalue weighted by molar-refractivity contribution is -0.0422. The first kappa shape index (κ1) is 31.6. The number of carbonyl (C=O) groups is 1. The van der Waals surface area contributed by atoms with Crippen molar-refractivity contribution in [1.29, 1.82) is 0 Å². The van der Waals surface area contributed by atoms with Gasteiger partial charge in [-0.2, -0.15) is 0 Å². The van der Waals surface area contributed by atoms with Crippen molar-refractivity contribution in [2.45, 2.75) is 89.1 Å². The number of carbonyl (C=O) groups excluding carboxylic acids is 1. The van der Waals surface area contributed by atoms with Crippen molar-refractivity contribution in [2.75, 3.05) is 45.8 Å². The van der Waals surface area contributed by atoms with Gasteiger partial charge >= 0.3 is 0 Å². The van der Waals surface area contributed by atoms with Crippen molar-refractivity contribution in [3.63, 3.8) is 0 Å². The van der Waals surface area contributed by atoms with Gasteiger partial charge in [-0.25, -0.2) is 17.1 Å². The van der Waals surface area contributed by atoms with Crippen LogP contribution in [0.3, 0.4) is 0 Å². The van der Waals surface area contributed by atoms with E-state index in [1.165, 1.54) is 6.07 Å². The molecule has 4 heterocycles. The van der Waals surface area contributed by atoms with Crippen molar-refractivity contribution < 1.29 is 17.6 Å². The predicted octanol–water partition coefficient (Wildman–Crippen LogP) is 4.78. The number of pyridine rings is 1. The molecule has 2 atom stereocenters. The Bertz CT molecular complexity index is 1440. The van der Waals surface area contributed by atoms with E-state index in [-0.39, 0.29) is 40.5 Å². The van der Waals surface area contributed by atoms with E-state index in [0.717, 1.165) is 93.6 Å². The molecule has 44 heavy (non-hydrogen) atoms. The number of aromatic nitrogens is 1. The minimum Gasteiger partial charge on any atom is -0.338 e. The first-order chi connectivity index (χ1) is 21.0. The summed E-state index contributed by atoms with van der Waals surface area (Å²) in [6.07, 6.45) is 6.75. The lowest BCUT2D eigenvalue weighted by Gasteiger charge is -2.54. The maximum atomic E-state index is 14.5. The molecule has 4 fully saturated rings. The molecule has 4 aliphatic rings. The summed E-state index contributed by atoms with van der Waals surface area (Å²) in [6.45, 7) is 13.8. The van der Waals surface area contributed by atoms with Gasteiger partial charge in [0, 0.05) is 69.6 Å². The van der Waals surface area contributed by atoms with E-state index in [9.17, 15) is 17.6 Å². The molecule has 0 unspecified atom stereocenters. The van der Waals surface area contributed by atoms with E-state index in [1.54, 1.807) is 22.6 Å².